The van der Waals surface area contributed by atoms with Crippen molar-refractivity contribution in [3.8, 4) is 5.75 Å². The molecule has 39 heavy (non-hydrogen) atoms. The van der Waals surface area contributed by atoms with Crippen LogP contribution in [0.1, 0.15) is 67.9 Å². The van der Waals surface area contributed by atoms with Crippen LogP contribution in [0.4, 0.5) is 23.1 Å². The van der Waals surface area contributed by atoms with Crippen molar-refractivity contribution in [1.29, 1.82) is 0 Å². The van der Waals surface area contributed by atoms with E-state index in [1.165, 1.54) is 12.8 Å². The molecule has 2 fully saturated rings. The highest BCUT2D eigenvalue weighted by molar-refractivity contribution is 14.1. The first kappa shape index (κ1) is 27.9. The number of nitrogens with one attached hydrogen (secondary N) is 2. The van der Waals surface area contributed by atoms with Gasteiger partial charge in [0, 0.05) is 60.6 Å². The highest BCUT2D eigenvalue weighted by Crippen LogP contribution is 2.42. The standard InChI is InChI=1S/C28H38IN7O3/c1-5-22-27(38)34(3)24-17(2)30-28(33-25(24)36(22)20-8-6-7-9-20)32-21-11-10-18(16-23(21)39-4)26(37)31-19-12-14-35(29)15-13-19/h10-11,16,19-20,22H,5-9,12-15H2,1-4H3,(H,31,37)(H,30,32,33)/t22-/m1/s1. The molecule has 210 valence electrons. The Labute approximate surface area is 244 Å². The normalized spacial score (nSPS) is 20.7. The van der Waals surface area contributed by atoms with Gasteiger partial charge < -0.3 is 25.2 Å². The Bertz CT molecular complexity index is 1230. The number of hydrogen-bond donors (Lipinski definition) is 2. The minimum absolute atomic E-state index is 0.0969. The molecule has 2 aromatic rings. The topological polar surface area (TPSA) is 103 Å². The molecule has 2 N–H and O–H groups in total. The molecule has 0 radical (unpaired) electrons. The molecule has 5 rings (SSSR count). The summed E-state index contributed by atoms with van der Waals surface area (Å²) in [5, 5.41) is 6.48. The second-order valence-electron chi connectivity index (χ2n) is 10.7. The molecule has 1 aliphatic carbocycles. The van der Waals surface area contributed by atoms with E-state index in [1.54, 1.807) is 24.1 Å². The van der Waals surface area contributed by atoms with Gasteiger partial charge in [0.05, 0.1) is 18.5 Å². The summed E-state index contributed by atoms with van der Waals surface area (Å²) in [5.74, 6) is 1.78. The summed E-state index contributed by atoms with van der Waals surface area (Å²) in [4.78, 5) is 39.9. The summed E-state index contributed by atoms with van der Waals surface area (Å²) < 4.78 is 7.90. The molecule has 3 aliphatic rings. The maximum absolute atomic E-state index is 13.3. The van der Waals surface area contributed by atoms with Crippen LogP contribution in [0.2, 0.25) is 0 Å². The Kier molecular flexibility index (Phi) is 8.46. The Morgan fingerprint density at radius 1 is 1.15 bits per heavy atom. The number of rotatable bonds is 7. The summed E-state index contributed by atoms with van der Waals surface area (Å²) in [6.07, 6.45) is 7.07. The van der Waals surface area contributed by atoms with Crippen molar-refractivity contribution in [3.05, 3.63) is 29.5 Å². The number of aryl methyl sites for hydroxylation is 1. The summed E-state index contributed by atoms with van der Waals surface area (Å²) >= 11 is 2.33. The summed E-state index contributed by atoms with van der Waals surface area (Å²) in [6, 6.07) is 5.62. The number of halogens is 1. The number of carbonyl (C=O) groups is 2. The zero-order chi connectivity index (χ0) is 27.7. The quantitative estimate of drug-likeness (QED) is 0.333. The molecule has 11 heteroatoms. The van der Waals surface area contributed by atoms with Crippen LogP contribution < -0.4 is 25.2 Å². The average Bonchev–Trinajstić information content (AvgIpc) is 3.46. The Morgan fingerprint density at radius 3 is 2.54 bits per heavy atom. The van der Waals surface area contributed by atoms with Gasteiger partial charge in [0.25, 0.3) is 5.91 Å². The van der Waals surface area contributed by atoms with Gasteiger partial charge in [0.15, 0.2) is 5.82 Å². The predicted octanol–water partition coefficient (Wildman–Crippen LogP) is 4.59. The average molecular weight is 648 g/mol. The molecule has 1 saturated heterocycles. The lowest BCUT2D eigenvalue weighted by Crippen LogP contribution is -2.55. The lowest BCUT2D eigenvalue weighted by molar-refractivity contribution is -0.120. The molecule has 10 nitrogen and oxygen atoms in total. The SMILES string of the molecule is CC[C@@H]1C(=O)N(C)c2c(C)nc(Nc3ccc(C(=O)NC4CCN(I)CC4)cc3OC)nc2N1C1CCCC1. The molecular weight excluding hydrogens is 609 g/mol. The third kappa shape index (κ3) is 5.65. The van der Waals surface area contributed by atoms with E-state index in [2.05, 4.69) is 48.4 Å². The highest BCUT2D eigenvalue weighted by atomic mass is 127. The summed E-state index contributed by atoms with van der Waals surface area (Å²) in [6.45, 7) is 5.92. The molecule has 0 spiro atoms. The molecular formula is C28H38IN7O3. The van der Waals surface area contributed by atoms with Crippen molar-refractivity contribution in [2.45, 2.75) is 76.9 Å². The molecule has 3 heterocycles. The highest BCUT2D eigenvalue weighted by Gasteiger charge is 2.42. The number of benzene rings is 1. The maximum atomic E-state index is 13.3. The van der Waals surface area contributed by atoms with Crippen LogP contribution in [0, 0.1) is 6.92 Å². The van der Waals surface area contributed by atoms with Gasteiger partial charge in [-0.25, -0.2) is 8.10 Å². The van der Waals surface area contributed by atoms with Gasteiger partial charge in [0.1, 0.15) is 17.5 Å². The predicted molar refractivity (Wildman–Crippen MR) is 161 cm³/mol. The largest absolute Gasteiger partial charge is 0.495 e. The van der Waals surface area contributed by atoms with Crippen LogP contribution in [0.25, 0.3) is 0 Å². The number of methoxy groups -OCH3 is 1. The number of likely N-dealkylation sites (N-methyl/N-ethyl adjacent to an activating group) is 1. The van der Waals surface area contributed by atoms with Gasteiger partial charge in [-0.2, -0.15) is 4.98 Å². The van der Waals surface area contributed by atoms with E-state index < -0.39 is 0 Å². The van der Waals surface area contributed by atoms with Crippen LogP contribution in [-0.2, 0) is 4.79 Å². The Morgan fingerprint density at radius 2 is 1.87 bits per heavy atom. The van der Waals surface area contributed by atoms with Gasteiger partial charge >= 0.3 is 0 Å². The lowest BCUT2D eigenvalue weighted by Gasteiger charge is -2.44. The second-order valence-corrected chi connectivity index (χ2v) is 12.0. The van der Waals surface area contributed by atoms with Crippen molar-refractivity contribution in [3.63, 3.8) is 0 Å². The number of nitrogens with zero attached hydrogens (tertiary/aromatic N) is 5. The molecule has 1 aromatic carbocycles. The Hall–Kier alpha value is -2.67. The number of anilines is 4. The van der Waals surface area contributed by atoms with Gasteiger partial charge in [-0.1, -0.05) is 19.8 Å². The van der Waals surface area contributed by atoms with Gasteiger partial charge in [0.2, 0.25) is 11.9 Å². The molecule has 2 aliphatic heterocycles. The van der Waals surface area contributed by atoms with Crippen LogP contribution in [-0.4, -0.2) is 70.3 Å². The second kappa shape index (κ2) is 11.8. The third-order valence-corrected chi connectivity index (χ3v) is 9.13. The van der Waals surface area contributed by atoms with E-state index in [-0.39, 0.29) is 23.9 Å². The van der Waals surface area contributed by atoms with Crippen LogP contribution in [0.3, 0.4) is 0 Å². The number of fused-ring (bicyclic) bond motifs is 1. The fourth-order valence-electron chi connectivity index (χ4n) is 6.08. The number of piperidine rings is 1. The smallest absolute Gasteiger partial charge is 0.251 e. The van der Waals surface area contributed by atoms with Crippen molar-refractivity contribution in [1.82, 2.24) is 18.4 Å². The summed E-state index contributed by atoms with van der Waals surface area (Å²) in [5.41, 5.74) is 2.74. The van der Waals surface area contributed by atoms with E-state index in [0.717, 1.165) is 62.4 Å². The molecule has 0 unspecified atom stereocenters. The van der Waals surface area contributed by atoms with Crippen molar-refractivity contribution < 1.29 is 14.3 Å². The van der Waals surface area contributed by atoms with E-state index in [1.807, 2.05) is 20.0 Å². The fraction of sp³-hybridized carbons (Fsp3) is 0.571. The minimum atomic E-state index is -0.232. The maximum Gasteiger partial charge on any atom is 0.251 e. The fourth-order valence-corrected chi connectivity index (χ4v) is 6.64. The number of hydrogen-bond acceptors (Lipinski definition) is 8. The van der Waals surface area contributed by atoms with Crippen molar-refractivity contribution in [2.24, 2.45) is 0 Å². The summed E-state index contributed by atoms with van der Waals surface area (Å²) in [7, 11) is 3.41. The van der Waals surface area contributed by atoms with Gasteiger partial charge in [-0.05, 0) is 57.2 Å². The molecule has 2 amide bonds. The third-order valence-electron chi connectivity index (χ3n) is 8.16. The molecule has 1 atom stereocenters. The first-order valence-corrected chi connectivity index (χ1v) is 14.9. The van der Waals surface area contributed by atoms with E-state index in [9.17, 15) is 9.59 Å². The van der Waals surface area contributed by atoms with Crippen LogP contribution >= 0.6 is 22.9 Å². The number of carbonyl (C=O) groups excluding carboxylic acids is 2. The van der Waals surface area contributed by atoms with E-state index in [0.29, 0.717) is 29.0 Å². The van der Waals surface area contributed by atoms with E-state index >= 15 is 0 Å². The molecule has 1 saturated carbocycles. The van der Waals surface area contributed by atoms with Crippen molar-refractivity contribution >= 4 is 57.8 Å². The minimum Gasteiger partial charge on any atom is -0.495 e. The molecule has 0 bridgehead atoms. The first-order valence-electron chi connectivity index (χ1n) is 13.9. The van der Waals surface area contributed by atoms with Crippen LogP contribution in [0.5, 0.6) is 5.75 Å². The lowest BCUT2D eigenvalue weighted by atomic mass is 10.0. The number of aromatic nitrogens is 2. The van der Waals surface area contributed by atoms with Gasteiger partial charge in [-0.15, -0.1) is 0 Å². The van der Waals surface area contributed by atoms with Crippen molar-refractivity contribution in [2.75, 3.05) is 42.4 Å². The molecule has 1 aromatic heterocycles. The first-order chi connectivity index (χ1) is 18.8. The van der Waals surface area contributed by atoms with Gasteiger partial charge in [-0.3, -0.25) is 9.59 Å². The zero-order valence-electron chi connectivity index (χ0n) is 23.2. The Balaban J connectivity index is 1.41. The van der Waals surface area contributed by atoms with E-state index in [4.69, 9.17) is 14.7 Å². The zero-order valence-corrected chi connectivity index (χ0v) is 25.3. The number of amides is 2. The number of ether oxygens (including phenoxy) is 1. The van der Waals surface area contributed by atoms with Crippen LogP contribution in [0.15, 0.2) is 18.2 Å². The monoisotopic (exact) mass is 647 g/mol.